The van der Waals surface area contributed by atoms with Gasteiger partial charge in [0.05, 0.1) is 0 Å². The van der Waals surface area contributed by atoms with Crippen LogP contribution in [0.1, 0.15) is 44.1 Å². The van der Waals surface area contributed by atoms with Crippen LogP contribution in [0, 0.1) is 5.92 Å². The Kier molecular flexibility index (Phi) is 2.92. The van der Waals surface area contributed by atoms with Crippen LogP contribution in [0.4, 0.5) is 0 Å². The van der Waals surface area contributed by atoms with Crippen LogP contribution in [0.5, 0.6) is 0 Å². The van der Waals surface area contributed by atoms with Gasteiger partial charge in [0.15, 0.2) is 0 Å². The first-order chi connectivity index (χ1) is 8.21. The van der Waals surface area contributed by atoms with Crippen LogP contribution in [0.25, 0.3) is 0 Å². The maximum absolute atomic E-state index is 6.49. The molecule has 2 N–H and O–H groups in total. The van der Waals surface area contributed by atoms with Crippen LogP contribution in [0.15, 0.2) is 24.3 Å². The summed E-state index contributed by atoms with van der Waals surface area (Å²) >= 11 is 5.97. The van der Waals surface area contributed by atoms with Crippen molar-refractivity contribution >= 4 is 11.6 Å². The Morgan fingerprint density at radius 1 is 1.24 bits per heavy atom. The van der Waals surface area contributed by atoms with E-state index in [0.717, 1.165) is 10.9 Å². The molecule has 1 aromatic rings. The van der Waals surface area contributed by atoms with Gasteiger partial charge in [-0.3, -0.25) is 0 Å². The van der Waals surface area contributed by atoms with Gasteiger partial charge >= 0.3 is 0 Å². The molecule has 2 heteroatoms. The van der Waals surface area contributed by atoms with Crippen molar-refractivity contribution in [3.05, 3.63) is 34.9 Å². The molecule has 2 aliphatic rings. The van der Waals surface area contributed by atoms with E-state index < -0.39 is 0 Å². The lowest BCUT2D eigenvalue weighted by atomic mass is 9.59. The van der Waals surface area contributed by atoms with E-state index in [1.54, 1.807) is 0 Å². The van der Waals surface area contributed by atoms with Gasteiger partial charge < -0.3 is 5.73 Å². The molecule has 92 valence electrons. The summed E-state index contributed by atoms with van der Waals surface area (Å²) in [6.45, 7) is 0. The normalized spacial score (nSPS) is 24.1. The van der Waals surface area contributed by atoms with Crippen molar-refractivity contribution in [3.8, 4) is 0 Å². The fourth-order valence-corrected chi connectivity index (χ4v) is 3.28. The number of halogens is 1. The molecule has 0 unspecified atom stereocenters. The van der Waals surface area contributed by atoms with E-state index in [1.165, 1.54) is 44.1 Å². The van der Waals surface area contributed by atoms with Crippen LogP contribution >= 0.6 is 11.6 Å². The number of hydrogen-bond donors (Lipinski definition) is 1. The lowest BCUT2D eigenvalue weighted by molar-refractivity contribution is 0.184. The molecular weight excluding hydrogens is 230 g/mol. The Morgan fingerprint density at radius 3 is 2.35 bits per heavy atom. The van der Waals surface area contributed by atoms with Gasteiger partial charge in [0.2, 0.25) is 0 Å². The van der Waals surface area contributed by atoms with E-state index in [1.807, 2.05) is 12.1 Å². The summed E-state index contributed by atoms with van der Waals surface area (Å²) in [6, 6.07) is 8.69. The summed E-state index contributed by atoms with van der Waals surface area (Å²) in [5, 5.41) is 0.819. The topological polar surface area (TPSA) is 26.0 Å². The van der Waals surface area contributed by atoms with E-state index in [2.05, 4.69) is 12.1 Å². The second-order valence-corrected chi connectivity index (χ2v) is 6.24. The highest BCUT2D eigenvalue weighted by atomic mass is 35.5. The predicted molar refractivity (Wildman–Crippen MR) is 72.3 cm³/mol. The molecule has 0 radical (unpaired) electrons. The summed E-state index contributed by atoms with van der Waals surface area (Å²) in [4.78, 5) is 0. The molecule has 0 aromatic heterocycles. The molecule has 0 aliphatic heterocycles. The van der Waals surface area contributed by atoms with Gasteiger partial charge in [0.25, 0.3) is 0 Å². The minimum Gasteiger partial charge on any atom is -0.327 e. The zero-order valence-corrected chi connectivity index (χ0v) is 10.9. The number of nitrogens with two attached hydrogens (primary N) is 1. The Labute approximate surface area is 108 Å². The van der Waals surface area contributed by atoms with Crippen molar-refractivity contribution in [2.45, 2.75) is 50.0 Å². The second kappa shape index (κ2) is 4.29. The molecule has 2 fully saturated rings. The van der Waals surface area contributed by atoms with Crippen LogP contribution in [-0.2, 0) is 5.41 Å². The van der Waals surface area contributed by atoms with E-state index >= 15 is 0 Å². The van der Waals surface area contributed by atoms with Crippen molar-refractivity contribution in [2.24, 2.45) is 11.7 Å². The first-order valence-corrected chi connectivity index (χ1v) is 7.10. The second-order valence-electron chi connectivity index (χ2n) is 5.80. The van der Waals surface area contributed by atoms with Gasteiger partial charge in [-0.15, -0.1) is 0 Å². The van der Waals surface area contributed by atoms with Gasteiger partial charge in [-0.05, 0) is 42.9 Å². The number of hydrogen-bond acceptors (Lipinski definition) is 1. The Bertz CT molecular complexity index is 390. The average Bonchev–Trinajstić information content (AvgIpc) is 3.03. The third-order valence-corrected chi connectivity index (χ3v) is 4.91. The molecule has 0 saturated heterocycles. The summed E-state index contributed by atoms with van der Waals surface area (Å²) in [5.41, 5.74) is 8.15. The first kappa shape index (κ1) is 11.6. The minimum absolute atomic E-state index is 0.257. The van der Waals surface area contributed by atoms with Gasteiger partial charge in [0, 0.05) is 16.5 Å². The smallest absolute Gasteiger partial charge is 0.0406 e. The first-order valence-electron chi connectivity index (χ1n) is 6.72. The molecule has 0 bridgehead atoms. The Morgan fingerprint density at radius 2 is 1.88 bits per heavy atom. The standard InChI is InChI=1S/C15H20ClN/c16-13-6-4-12(5-7-13)15(8-1-9-15)14(17)10-11-2-3-11/h4-7,11,14H,1-3,8-10,17H2/t14-/m0/s1. The van der Waals surface area contributed by atoms with Gasteiger partial charge in [0.1, 0.15) is 0 Å². The molecule has 1 aromatic carbocycles. The Balaban J connectivity index is 1.82. The van der Waals surface area contributed by atoms with E-state index in [9.17, 15) is 0 Å². The quantitative estimate of drug-likeness (QED) is 0.861. The predicted octanol–water partition coefficient (Wildman–Crippen LogP) is 3.89. The summed E-state index contributed by atoms with van der Waals surface area (Å²) in [5.74, 6) is 0.912. The third kappa shape index (κ3) is 2.11. The van der Waals surface area contributed by atoms with Crippen LogP contribution < -0.4 is 5.73 Å². The molecule has 0 amide bonds. The van der Waals surface area contributed by atoms with Crippen molar-refractivity contribution in [2.75, 3.05) is 0 Å². The minimum atomic E-state index is 0.257. The highest BCUT2D eigenvalue weighted by Gasteiger charge is 2.45. The molecular formula is C15H20ClN. The molecule has 17 heavy (non-hydrogen) atoms. The van der Waals surface area contributed by atoms with Gasteiger partial charge in [-0.1, -0.05) is 43.0 Å². The number of rotatable bonds is 4. The molecule has 0 spiro atoms. The Hall–Kier alpha value is -0.530. The van der Waals surface area contributed by atoms with Crippen LogP contribution in [0.3, 0.4) is 0 Å². The van der Waals surface area contributed by atoms with Crippen molar-refractivity contribution in [3.63, 3.8) is 0 Å². The molecule has 1 atom stereocenters. The lowest BCUT2D eigenvalue weighted by Gasteiger charge is -2.47. The van der Waals surface area contributed by atoms with E-state index in [0.29, 0.717) is 6.04 Å². The molecule has 1 nitrogen and oxygen atoms in total. The average molecular weight is 250 g/mol. The highest BCUT2D eigenvalue weighted by molar-refractivity contribution is 6.30. The van der Waals surface area contributed by atoms with Crippen LogP contribution in [0.2, 0.25) is 5.02 Å². The summed E-state index contributed by atoms with van der Waals surface area (Å²) in [7, 11) is 0. The molecule has 2 saturated carbocycles. The molecule has 0 heterocycles. The maximum atomic E-state index is 6.49. The highest BCUT2D eigenvalue weighted by Crippen LogP contribution is 2.49. The van der Waals surface area contributed by atoms with E-state index in [-0.39, 0.29) is 5.41 Å². The largest absolute Gasteiger partial charge is 0.327 e. The van der Waals surface area contributed by atoms with Crippen molar-refractivity contribution < 1.29 is 0 Å². The fraction of sp³-hybridized carbons (Fsp3) is 0.600. The van der Waals surface area contributed by atoms with E-state index in [4.69, 9.17) is 17.3 Å². The zero-order chi connectivity index (χ0) is 11.9. The lowest BCUT2D eigenvalue weighted by Crippen LogP contribution is -2.50. The SMILES string of the molecule is N[C@@H](CC1CC1)C1(c2ccc(Cl)cc2)CCC1. The maximum Gasteiger partial charge on any atom is 0.0406 e. The van der Waals surface area contributed by atoms with Crippen LogP contribution in [-0.4, -0.2) is 6.04 Å². The molecule has 2 aliphatic carbocycles. The zero-order valence-electron chi connectivity index (χ0n) is 10.2. The monoisotopic (exact) mass is 249 g/mol. The summed E-state index contributed by atoms with van der Waals surface area (Å²) < 4.78 is 0. The van der Waals surface area contributed by atoms with Crippen molar-refractivity contribution in [1.29, 1.82) is 0 Å². The number of benzene rings is 1. The third-order valence-electron chi connectivity index (χ3n) is 4.66. The van der Waals surface area contributed by atoms with Gasteiger partial charge in [-0.2, -0.15) is 0 Å². The summed E-state index contributed by atoms with van der Waals surface area (Å²) in [6.07, 6.45) is 7.82. The molecule has 3 rings (SSSR count). The van der Waals surface area contributed by atoms with Gasteiger partial charge in [-0.25, -0.2) is 0 Å². The fourth-order valence-electron chi connectivity index (χ4n) is 3.15. The van der Waals surface area contributed by atoms with Crippen molar-refractivity contribution in [1.82, 2.24) is 0 Å².